The molecule has 4 aliphatic rings. The van der Waals surface area contributed by atoms with Gasteiger partial charge in [-0.15, -0.1) is 0 Å². The summed E-state index contributed by atoms with van der Waals surface area (Å²) >= 11 is 0. The van der Waals surface area contributed by atoms with E-state index >= 15 is 0 Å². The van der Waals surface area contributed by atoms with Gasteiger partial charge in [0.05, 0.1) is 0 Å². The van der Waals surface area contributed by atoms with Crippen molar-refractivity contribution in [2.75, 3.05) is 62.0 Å². The van der Waals surface area contributed by atoms with Crippen molar-refractivity contribution in [3.05, 3.63) is 163 Å². The number of fused-ring (bicyclic) bond motifs is 2. The molecule has 36 nitrogen and oxygen atoms in total. The molecule has 2 fully saturated rings. The molecular formula is C83H112F2N20O16S4. The molecule has 0 bridgehead atoms. The number of likely N-dealkylation sites (tertiary alicyclic amines) is 1. The molecule has 42 heteroatoms. The Morgan fingerprint density at radius 1 is 0.424 bits per heavy atom. The van der Waals surface area contributed by atoms with Crippen molar-refractivity contribution >= 4 is 111 Å². The van der Waals surface area contributed by atoms with E-state index in [0.717, 1.165) is 107 Å². The normalized spacial score (nSPS) is 13.6. The van der Waals surface area contributed by atoms with Crippen LogP contribution in [0.4, 0.5) is 50.7 Å². The Morgan fingerprint density at radius 2 is 0.736 bits per heavy atom. The number of rotatable bonds is 24. The molecule has 5 heterocycles. The van der Waals surface area contributed by atoms with Crippen molar-refractivity contribution in [3.8, 4) is 0 Å². The number of hydrogen-bond acceptors (Lipinski definition) is 20. The monoisotopic (exact) mass is 1810 g/mol. The number of anilines is 4. The van der Waals surface area contributed by atoms with E-state index in [1.165, 1.54) is 97.0 Å². The van der Waals surface area contributed by atoms with Gasteiger partial charge >= 0.3 is 24.1 Å². The van der Waals surface area contributed by atoms with E-state index in [0.29, 0.717) is 59.0 Å². The molecule has 0 spiro atoms. The van der Waals surface area contributed by atoms with Crippen molar-refractivity contribution in [3.63, 3.8) is 0 Å². The Kier molecular flexibility index (Phi) is 30.8. The second-order valence-corrected chi connectivity index (χ2v) is 39.3. The minimum Gasteiger partial charge on any atom is -0.354 e. The third-order valence-electron chi connectivity index (χ3n) is 21.6. The van der Waals surface area contributed by atoms with Crippen molar-refractivity contribution < 1.29 is 80.8 Å². The van der Waals surface area contributed by atoms with Crippen LogP contribution in [-0.2, 0) is 94.0 Å². The van der Waals surface area contributed by atoms with E-state index in [9.17, 15) is 80.8 Å². The van der Waals surface area contributed by atoms with Gasteiger partial charge in [0.25, 0.3) is 63.7 Å². The number of sulfonamides is 4. The standard InChI is InChI=1S/C22H27N5O4S.C21H30FN5O4S.C21H29N5O4S.C19H26FN5O4S/c1-26(15-9-10-15)21(28)18-12-19(24-27(18)2)32(30,31)25-22(29)23-20-16-7-3-5-13(16)11-14-6-4-8-17(14)20;1-8-26(6)20(28)17-11-18(24-27(17)7)32(30,31)25-21(29)23-19-15(12(2)3)9-14(22)10-16(19)13(4)5;1-13(2)15-8-6-9-16(14(3)4)19(15)22-21(28)24-31(29,30)18-12-17(25(5)23-18)20(27)26-10-7-11-26;1-10(2)13-7-12(20)8-14(11(3)4)17(13)22-19(27)24-30(28,29)16-9-15(18(26)21-5)25(6)23-16/h11-12,15H,3-10H2,1-2H3,(H2,23,25,29);9-13H,8H2,1-7H3,(H2,23,25,29);6,8-9,12-14H,7,10-11H2,1-5H3,(H2,22,24,28);7-11H,1-6H3,(H,21,26)(H2,22,24,27). The number of aromatic nitrogens is 8. The average Bonchev–Trinajstić information content (AvgIpc) is 1.55. The number of benzene rings is 4. The summed E-state index contributed by atoms with van der Waals surface area (Å²) in [6.45, 7) is 26.3. The summed E-state index contributed by atoms with van der Waals surface area (Å²) in [6, 6.07) is 14.3. The number of aryl methyl sites for hydroxylation is 6. The zero-order valence-electron chi connectivity index (χ0n) is 73.8. The van der Waals surface area contributed by atoms with Gasteiger partial charge in [-0.2, -0.15) is 54.1 Å². The molecule has 9 N–H and O–H groups in total. The average molecular weight is 1810 g/mol. The van der Waals surface area contributed by atoms with Crippen molar-refractivity contribution in [1.82, 2.24) is 78.0 Å². The highest BCUT2D eigenvalue weighted by molar-refractivity contribution is 7.90. The topological polar surface area (TPSA) is 462 Å². The summed E-state index contributed by atoms with van der Waals surface area (Å²) in [5, 5.41) is 26.9. The van der Waals surface area contributed by atoms with Gasteiger partial charge in [-0.05, 0) is 180 Å². The van der Waals surface area contributed by atoms with Crippen molar-refractivity contribution in [1.29, 1.82) is 0 Å². The number of nitrogens with one attached hydrogen (secondary N) is 9. The first-order valence-electron chi connectivity index (χ1n) is 40.9. The second-order valence-electron chi connectivity index (χ2n) is 32.8. The van der Waals surface area contributed by atoms with Gasteiger partial charge in [-0.25, -0.2) is 46.8 Å². The molecule has 4 aromatic heterocycles. The lowest BCUT2D eigenvalue weighted by atomic mass is 9.92. The van der Waals surface area contributed by atoms with E-state index in [1.807, 2.05) is 115 Å². The quantitative estimate of drug-likeness (QED) is 0.0271. The molecule has 8 aromatic rings. The Bertz CT molecular complexity index is 5850. The highest BCUT2D eigenvalue weighted by atomic mass is 32.2. The summed E-state index contributed by atoms with van der Waals surface area (Å²) in [4.78, 5) is 104. The molecule has 1 saturated heterocycles. The summed E-state index contributed by atoms with van der Waals surface area (Å²) in [5.41, 5.74) is 11.3. The molecule has 0 unspecified atom stereocenters. The van der Waals surface area contributed by atoms with E-state index in [-0.39, 0.29) is 86.2 Å². The number of para-hydroxylation sites is 1. The van der Waals surface area contributed by atoms with E-state index in [1.54, 1.807) is 30.8 Å². The maximum atomic E-state index is 14.1. The number of nitrogens with zero attached hydrogens (tertiary/aromatic N) is 11. The summed E-state index contributed by atoms with van der Waals surface area (Å²) in [5.74, 6) is -2.54. The minimum atomic E-state index is -4.36. The molecule has 12 amide bonds. The fourth-order valence-electron chi connectivity index (χ4n) is 14.4. The molecule has 4 aromatic carbocycles. The molecule has 125 heavy (non-hydrogen) atoms. The van der Waals surface area contributed by atoms with Crippen LogP contribution in [-0.4, -0.2) is 182 Å². The van der Waals surface area contributed by atoms with Crippen molar-refractivity contribution in [2.45, 2.75) is 209 Å². The second kappa shape index (κ2) is 39.7. The summed E-state index contributed by atoms with van der Waals surface area (Å²) < 4.78 is 142. The Hall–Kier alpha value is -11.7. The molecular weight excluding hydrogens is 1700 g/mol. The largest absolute Gasteiger partial charge is 0.354 e. The number of hydrogen-bond donors (Lipinski definition) is 9. The molecule has 1 saturated carbocycles. The van der Waals surface area contributed by atoms with Crippen LogP contribution in [0, 0.1) is 11.6 Å². The molecule has 0 radical (unpaired) electrons. The number of carbonyl (C=O) groups excluding carboxylic acids is 8. The SMILES string of the molecule is CC(C)c1cccc(C(C)C)c1NC(=O)NS(=O)(=O)c1cc(C(=O)N2CCC2)n(C)n1.CCN(C)C(=O)c1cc(S(=O)(=O)NC(=O)Nc2c(C(C)C)cc(F)cc2C(C)C)nn1C.CN(C(=O)c1cc(S(=O)(=O)NC(=O)Nc2c3c(cc4c2CCC4)CCC3)nn1C)C1CC1.CNC(=O)c1cc(S(=O)(=O)NC(=O)Nc2c(C(C)C)cc(F)cc2C(C)C)nn1C. The Balaban J connectivity index is 0.000000189. The summed E-state index contributed by atoms with van der Waals surface area (Å²) in [6.07, 6.45) is 8.61. The maximum Gasteiger partial charge on any atom is 0.333 e. The van der Waals surface area contributed by atoms with E-state index < -0.39 is 97.7 Å². The fourth-order valence-corrected chi connectivity index (χ4v) is 18.0. The zero-order valence-corrected chi connectivity index (χ0v) is 77.1. The molecule has 3 aliphatic carbocycles. The van der Waals surface area contributed by atoms with Crippen LogP contribution >= 0.6 is 0 Å². The Morgan fingerprint density at radius 3 is 1.06 bits per heavy atom. The van der Waals surface area contributed by atoms with Gasteiger partial charge in [0.2, 0.25) is 0 Å². The molecule has 678 valence electrons. The zero-order chi connectivity index (χ0) is 92.7. The Labute approximate surface area is 727 Å². The molecule has 12 rings (SSSR count). The number of carbonyl (C=O) groups is 8. The highest BCUT2D eigenvalue weighted by Gasteiger charge is 2.36. The number of urea groups is 4. The molecule has 1 aliphatic heterocycles. The van der Waals surface area contributed by atoms with E-state index in [2.05, 4.69) is 57.8 Å². The minimum absolute atomic E-state index is 0.0148. The van der Waals surface area contributed by atoms with E-state index in [4.69, 9.17) is 0 Å². The molecule has 0 atom stereocenters. The van der Waals surface area contributed by atoms with Crippen LogP contribution < -0.4 is 45.5 Å². The lowest BCUT2D eigenvalue weighted by Crippen LogP contribution is -2.42. The first kappa shape index (κ1) is 97.2. The fraction of sp³-hybridized carbons (Fsp3) is 0.470. The third kappa shape index (κ3) is 23.1. The predicted octanol–water partition coefficient (Wildman–Crippen LogP) is 11.2. The first-order valence-corrected chi connectivity index (χ1v) is 46.8. The van der Waals surface area contributed by atoms with Crippen LogP contribution in [0.3, 0.4) is 0 Å². The number of amides is 12. The van der Waals surface area contributed by atoms with Crippen LogP contribution in [0.15, 0.2) is 92.9 Å². The van der Waals surface area contributed by atoms with Crippen LogP contribution in [0.5, 0.6) is 0 Å². The first-order chi connectivity index (χ1) is 58.4. The van der Waals surface area contributed by atoms with Gasteiger partial charge in [0, 0.05) is 122 Å². The highest BCUT2D eigenvalue weighted by Crippen LogP contribution is 2.41. The van der Waals surface area contributed by atoms with Gasteiger partial charge in [0.15, 0.2) is 20.1 Å². The predicted molar refractivity (Wildman–Crippen MR) is 466 cm³/mol. The maximum absolute atomic E-state index is 14.1. The van der Waals surface area contributed by atoms with Gasteiger partial charge in [-0.1, -0.05) is 107 Å². The van der Waals surface area contributed by atoms with Gasteiger partial charge in [-0.3, -0.25) is 37.9 Å². The van der Waals surface area contributed by atoms with Crippen LogP contribution in [0.25, 0.3) is 0 Å². The van der Waals surface area contributed by atoms with Crippen LogP contribution in [0.2, 0.25) is 0 Å². The van der Waals surface area contributed by atoms with Gasteiger partial charge < -0.3 is 41.3 Å². The lowest BCUT2D eigenvalue weighted by Gasteiger charge is -2.30. The summed E-state index contributed by atoms with van der Waals surface area (Å²) in [7, 11) is -6.66. The third-order valence-corrected chi connectivity index (χ3v) is 26.4. The van der Waals surface area contributed by atoms with Gasteiger partial charge in [0.1, 0.15) is 34.4 Å². The van der Waals surface area contributed by atoms with Crippen molar-refractivity contribution in [2.24, 2.45) is 28.2 Å². The number of halogens is 2. The smallest absolute Gasteiger partial charge is 0.333 e. The van der Waals surface area contributed by atoms with Crippen LogP contribution in [0.1, 0.15) is 255 Å². The lowest BCUT2D eigenvalue weighted by molar-refractivity contribution is 0.0639.